The quantitative estimate of drug-likeness (QED) is 0.876. The molecule has 2 unspecified atom stereocenters. The molecule has 2 atom stereocenters. The zero-order valence-corrected chi connectivity index (χ0v) is 13.6. The van der Waals surface area contributed by atoms with Gasteiger partial charge in [0.15, 0.2) is 0 Å². The van der Waals surface area contributed by atoms with Crippen LogP contribution in [0.5, 0.6) is 0 Å². The summed E-state index contributed by atoms with van der Waals surface area (Å²) in [6, 6.07) is 11.3. The molecule has 0 fully saturated rings. The Morgan fingerprint density at radius 3 is 2.29 bits per heavy atom. The number of aryl methyl sites for hydroxylation is 2. The summed E-state index contributed by atoms with van der Waals surface area (Å²) in [4.78, 5) is 0. The van der Waals surface area contributed by atoms with Crippen molar-refractivity contribution in [1.82, 2.24) is 0 Å². The maximum absolute atomic E-state index is 10.7. The predicted octanol–water partition coefficient (Wildman–Crippen LogP) is 4.39. The van der Waals surface area contributed by atoms with Crippen molar-refractivity contribution in [3.63, 3.8) is 0 Å². The van der Waals surface area contributed by atoms with Crippen LogP contribution in [0.4, 0.5) is 0 Å². The molecule has 21 heavy (non-hydrogen) atoms. The van der Waals surface area contributed by atoms with Crippen molar-refractivity contribution >= 4 is 23.2 Å². The second-order valence-corrected chi connectivity index (χ2v) is 6.16. The second kappa shape index (κ2) is 6.80. The van der Waals surface area contributed by atoms with E-state index in [1.165, 1.54) is 0 Å². The molecule has 0 bridgehead atoms. The van der Waals surface area contributed by atoms with E-state index in [2.05, 4.69) is 6.07 Å². The van der Waals surface area contributed by atoms with Gasteiger partial charge in [0.1, 0.15) is 0 Å². The predicted molar refractivity (Wildman–Crippen MR) is 89.1 cm³/mol. The first-order valence-corrected chi connectivity index (χ1v) is 7.60. The summed E-state index contributed by atoms with van der Waals surface area (Å²) in [7, 11) is 0. The minimum absolute atomic E-state index is 0.267. The lowest BCUT2D eigenvalue weighted by atomic mass is 9.87. The Balaban J connectivity index is 2.40. The lowest BCUT2D eigenvalue weighted by molar-refractivity contribution is 0.147. The molecule has 0 aliphatic carbocycles. The van der Waals surface area contributed by atoms with Gasteiger partial charge in [-0.1, -0.05) is 53.0 Å². The Kier molecular flexibility index (Phi) is 5.28. The van der Waals surface area contributed by atoms with E-state index in [0.29, 0.717) is 16.6 Å². The summed E-state index contributed by atoms with van der Waals surface area (Å²) in [5.74, 6) is -0.267. The van der Waals surface area contributed by atoms with Gasteiger partial charge in [-0.2, -0.15) is 0 Å². The maximum atomic E-state index is 10.7. The number of aliphatic hydroxyl groups excluding tert-OH is 1. The van der Waals surface area contributed by atoms with Crippen LogP contribution in [0.15, 0.2) is 36.4 Å². The van der Waals surface area contributed by atoms with E-state index in [9.17, 15) is 5.11 Å². The van der Waals surface area contributed by atoms with Gasteiger partial charge in [0.2, 0.25) is 0 Å². The number of rotatable bonds is 4. The van der Waals surface area contributed by atoms with Gasteiger partial charge in [0.05, 0.1) is 6.10 Å². The molecule has 0 saturated carbocycles. The second-order valence-electron chi connectivity index (χ2n) is 5.31. The van der Waals surface area contributed by atoms with E-state index in [1.807, 2.05) is 32.0 Å². The molecule has 3 N–H and O–H groups in total. The highest BCUT2D eigenvalue weighted by Gasteiger charge is 2.24. The average molecular weight is 324 g/mol. The zero-order valence-electron chi connectivity index (χ0n) is 12.1. The SMILES string of the molecule is Cc1ccc(C(O)C(CN)c2ccc(Cl)cc2Cl)c(C)c1. The molecule has 2 aromatic rings. The Morgan fingerprint density at radius 1 is 1.05 bits per heavy atom. The number of hydrogen-bond donors (Lipinski definition) is 2. The first kappa shape index (κ1) is 16.3. The highest BCUT2D eigenvalue weighted by Crippen LogP contribution is 2.36. The van der Waals surface area contributed by atoms with Crippen LogP contribution in [0, 0.1) is 13.8 Å². The van der Waals surface area contributed by atoms with Crippen LogP contribution in [0.2, 0.25) is 10.0 Å². The molecule has 0 aliphatic heterocycles. The van der Waals surface area contributed by atoms with Gasteiger partial charge in [0.25, 0.3) is 0 Å². The Labute approximate surface area is 135 Å². The van der Waals surface area contributed by atoms with Gasteiger partial charge in [-0.25, -0.2) is 0 Å². The first-order chi connectivity index (χ1) is 9.93. The molecule has 0 heterocycles. The normalized spacial score (nSPS) is 14.0. The van der Waals surface area contributed by atoms with Gasteiger partial charge >= 0.3 is 0 Å². The van der Waals surface area contributed by atoms with E-state index in [4.69, 9.17) is 28.9 Å². The number of aliphatic hydroxyl groups is 1. The van der Waals surface area contributed by atoms with Gasteiger partial charge in [-0.15, -0.1) is 0 Å². The summed E-state index contributed by atoms with van der Waals surface area (Å²) in [5, 5.41) is 11.8. The average Bonchev–Trinajstić information content (AvgIpc) is 2.41. The summed E-state index contributed by atoms with van der Waals surface area (Å²) in [6.07, 6.45) is -0.700. The third-order valence-electron chi connectivity index (χ3n) is 3.74. The maximum Gasteiger partial charge on any atom is 0.0873 e. The van der Waals surface area contributed by atoms with Crippen molar-refractivity contribution in [2.75, 3.05) is 6.54 Å². The fourth-order valence-corrected chi connectivity index (χ4v) is 3.15. The molecule has 2 nitrogen and oxygen atoms in total. The minimum Gasteiger partial charge on any atom is -0.388 e. The molecule has 0 amide bonds. The van der Waals surface area contributed by atoms with Crippen LogP contribution >= 0.6 is 23.2 Å². The molecule has 0 saturated heterocycles. The van der Waals surface area contributed by atoms with E-state index in [0.717, 1.165) is 22.3 Å². The molecule has 0 spiro atoms. The van der Waals surface area contributed by atoms with Crippen LogP contribution in [0.3, 0.4) is 0 Å². The van der Waals surface area contributed by atoms with Crippen LogP contribution in [-0.4, -0.2) is 11.7 Å². The lowest BCUT2D eigenvalue weighted by Gasteiger charge is -2.25. The molecule has 4 heteroatoms. The third-order valence-corrected chi connectivity index (χ3v) is 4.30. The zero-order chi connectivity index (χ0) is 15.6. The summed E-state index contributed by atoms with van der Waals surface area (Å²) in [5.41, 5.74) is 9.78. The highest BCUT2D eigenvalue weighted by molar-refractivity contribution is 6.35. The molecular formula is C17H19Cl2NO. The molecule has 0 radical (unpaired) electrons. The number of nitrogens with two attached hydrogens (primary N) is 1. The van der Waals surface area contributed by atoms with E-state index in [-0.39, 0.29) is 5.92 Å². The molecule has 2 aromatic carbocycles. The Morgan fingerprint density at radius 2 is 1.71 bits per heavy atom. The fraction of sp³-hybridized carbons (Fsp3) is 0.294. The fourth-order valence-electron chi connectivity index (χ4n) is 2.60. The van der Waals surface area contributed by atoms with Gasteiger partial charge in [-0.3, -0.25) is 0 Å². The minimum atomic E-state index is -0.700. The van der Waals surface area contributed by atoms with Gasteiger partial charge in [0, 0.05) is 22.5 Å². The molecule has 2 rings (SSSR count). The molecule has 0 aromatic heterocycles. The van der Waals surface area contributed by atoms with Crippen molar-refractivity contribution in [1.29, 1.82) is 0 Å². The van der Waals surface area contributed by atoms with E-state index in [1.54, 1.807) is 12.1 Å². The topological polar surface area (TPSA) is 46.2 Å². The summed E-state index contributed by atoms with van der Waals surface area (Å²) >= 11 is 12.2. The molecule has 112 valence electrons. The Bertz CT molecular complexity index is 643. The van der Waals surface area contributed by atoms with Crippen LogP contribution in [0.1, 0.15) is 34.3 Å². The molecular weight excluding hydrogens is 305 g/mol. The summed E-state index contributed by atoms with van der Waals surface area (Å²) in [6.45, 7) is 4.32. The van der Waals surface area contributed by atoms with Crippen molar-refractivity contribution in [3.05, 3.63) is 68.7 Å². The Hall–Kier alpha value is -1.06. The number of halogens is 2. The smallest absolute Gasteiger partial charge is 0.0873 e. The first-order valence-electron chi connectivity index (χ1n) is 6.84. The molecule has 0 aliphatic rings. The van der Waals surface area contributed by atoms with Crippen molar-refractivity contribution in [2.24, 2.45) is 5.73 Å². The van der Waals surface area contributed by atoms with Crippen molar-refractivity contribution in [2.45, 2.75) is 25.9 Å². The van der Waals surface area contributed by atoms with Crippen molar-refractivity contribution < 1.29 is 5.11 Å². The van der Waals surface area contributed by atoms with Gasteiger partial charge in [-0.05, 0) is 42.7 Å². The lowest BCUT2D eigenvalue weighted by Crippen LogP contribution is -2.21. The summed E-state index contributed by atoms with van der Waals surface area (Å²) < 4.78 is 0. The van der Waals surface area contributed by atoms with Crippen LogP contribution < -0.4 is 5.73 Å². The monoisotopic (exact) mass is 323 g/mol. The highest BCUT2D eigenvalue weighted by atomic mass is 35.5. The largest absolute Gasteiger partial charge is 0.388 e. The number of benzene rings is 2. The van der Waals surface area contributed by atoms with E-state index < -0.39 is 6.10 Å². The van der Waals surface area contributed by atoms with Gasteiger partial charge < -0.3 is 10.8 Å². The standard InChI is InChI=1S/C17H19Cl2NO/c1-10-3-5-13(11(2)7-10)17(21)15(9-20)14-6-4-12(18)8-16(14)19/h3-8,15,17,21H,9,20H2,1-2H3. The van der Waals surface area contributed by atoms with E-state index >= 15 is 0 Å². The third kappa shape index (κ3) is 3.58. The van der Waals surface area contributed by atoms with Crippen LogP contribution in [0.25, 0.3) is 0 Å². The number of hydrogen-bond acceptors (Lipinski definition) is 2. The van der Waals surface area contributed by atoms with Crippen molar-refractivity contribution in [3.8, 4) is 0 Å². The van der Waals surface area contributed by atoms with Crippen LogP contribution in [-0.2, 0) is 0 Å².